The second-order valence-corrected chi connectivity index (χ2v) is 5.02. The third-order valence-corrected chi connectivity index (χ3v) is 3.71. The summed E-state index contributed by atoms with van der Waals surface area (Å²) in [7, 11) is -2.75. The largest absolute Gasteiger partial charge is 1.00 e. The van der Waals surface area contributed by atoms with E-state index in [-0.39, 0.29) is 46.6 Å². The minimum absolute atomic E-state index is 0. The Morgan fingerprint density at radius 2 is 2.00 bits per heavy atom. The molecule has 7 heteroatoms. The Balaban J connectivity index is 0. The number of thiol groups is 1. The van der Waals surface area contributed by atoms with Crippen LogP contribution in [0.15, 0.2) is 28.0 Å². The molecule has 0 saturated carbocycles. The smallest absolute Gasteiger partial charge is 1.00 e. The van der Waals surface area contributed by atoms with Gasteiger partial charge >= 0.3 is 29.6 Å². The van der Waals surface area contributed by atoms with Crippen LogP contribution in [-0.4, -0.2) is 21.3 Å². The van der Waals surface area contributed by atoms with E-state index in [4.69, 9.17) is 0 Å². The second-order valence-electron chi connectivity index (χ2n) is 2.86. The Morgan fingerprint density at radius 1 is 1.44 bits per heavy atom. The molecular formula is C9H11NaO4S2. The summed E-state index contributed by atoms with van der Waals surface area (Å²) in [4.78, 5) is 11.2. The van der Waals surface area contributed by atoms with Crippen LogP contribution >= 0.6 is 12.6 Å². The van der Waals surface area contributed by atoms with Crippen LogP contribution in [0.3, 0.4) is 0 Å². The van der Waals surface area contributed by atoms with E-state index < -0.39 is 10.1 Å². The SMILES string of the molecule is COS(=O)(=O)c1cc(C(C)=O)ccc1S.[H-].[Na+]. The first kappa shape index (κ1) is 16.1. The van der Waals surface area contributed by atoms with Gasteiger partial charge in [0.2, 0.25) is 0 Å². The van der Waals surface area contributed by atoms with Crippen molar-refractivity contribution in [2.45, 2.75) is 16.7 Å². The van der Waals surface area contributed by atoms with E-state index in [2.05, 4.69) is 16.8 Å². The molecule has 4 nitrogen and oxygen atoms in total. The maximum absolute atomic E-state index is 11.4. The first-order valence-corrected chi connectivity index (χ1v) is 5.88. The molecule has 0 fully saturated rings. The fourth-order valence-corrected chi connectivity index (χ4v) is 2.27. The minimum atomic E-state index is -3.81. The van der Waals surface area contributed by atoms with Gasteiger partial charge in [-0.25, -0.2) is 0 Å². The van der Waals surface area contributed by atoms with Crippen molar-refractivity contribution in [1.82, 2.24) is 0 Å². The average molecular weight is 270 g/mol. The molecule has 0 N–H and O–H groups in total. The van der Waals surface area contributed by atoms with Crippen molar-refractivity contribution in [1.29, 1.82) is 0 Å². The van der Waals surface area contributed by atoms with Crippen molar-refractivity contribution >= 4 is 28.5 Å². The molecule has 1 aromatic rings. The molecule has 0 saturated heterocycles. The number of ketones is 1. The summed E-state index contributed by atoms with van der Waals surface area (Å²) in [6.45, 7) is 1.36. The van der Waals surface area contributed by atoms with Crippen LogP contribution in [0.4, 0.5) is 0 Å². The maximum atomic E-state index is 11.4. The van der Waals surface area contributed by atoms with Gasteiger partial charge in [0.15, 0.2) is 5.78 Å². The quantitative estimate of drug-likeness (QED) is 0.319. The van der Waals surface area contributed by atoms with Crippen LogP contribution in [0.25, 0.3) is 0 Å². The molecule has 84 valence electrons. The van der Waals surface area contributed by atoms with Crippen molar-refractivity contribution in [2.75, 3.05) is 7.11 Å². The van der Waals surface area contributed by atoms with Crippen LogP contribution in [0.1, 0.15) is 18.7 Å². The summed E-state index contributed by atoms with van der Waals surface area (Å²) in [5, 5.41) is 0. The number of benzene rings is 1. The molecular weight excluding hydrogens is 259 g/mol. The van der Waals surface area contributed by atoms with E-state index in [1.165, 1.54) is 25.1 Å². The van der Waals surface area contributed by atoms with Gasteiger partial charge in [-0.05, 0) is 19.1 Å². The van der Waals surface area contributed by atoms with Crippen molar-refractivity contribution < 1.29 is 48.4 Å². The van der Waals surface area contributed by atoms with Gasteiger partial charge in [0.05, 0.1) is 7.11 Å². The zero-order valence-electron chi connectivity index (χ0n) is 10.2. The second kappa shape index (κ2) is 6.18. The van der Waals surface area contributed by atoms with Gasteiger partial charge < -0.3 is 1.43 Å². The van der Waals surface area contributed by atoms with Crippen LogP contribution in [0, 0.1) is 0 Å². The van der Waals surface area contributed by atoms with Gasteiger partial charge in [0.25, 0.3) is 10.1 Å². The molecule has 0 bridgehead atoms. The van der Waals surface area contributed by atoms with Gasteiger partial charge in [0.1, 0.15) is 4.90 Å². The fraction of sp³-hybridized carbons (Fsp3) is 0.222. The van der Waals surface area contributed by atoms with Gasteiger partial charge in [-0.15, -0.1) is 12.6 Å². The van der Waals surface area contributed by atoms with Crippen molar-refractivity contribution in [3.63, 3.8) is 0 Å². The summed E-state index contributed by atoms with van der Waals surface area (Å²) in [6.07, 6.45) is 0. The van der Waals surface area contributed by atoms with E-state index >= 15 is 0 Å². The number of Topliss-reactive ketones (excluding diaryl/α,β-unsaturated/α-hetero) is 1. The van der Waals surface area contributed by atoms with E-state index in [0.717, 1.165) is 7.11 Å². The molecule has 0 amide bonds. The molecule has 16 heavy (non-hydrogen) atoms. The number of rotatable bonds is 3. The first-order valence-electron chi connectivity index (χ1n) is 4.03. The molecule has 0 aliphatic rings. The Kier molecular flexibility index (Phi) is 6.24. The first-order chi connectivity index (χ1) is 6.88. The Bertz CT molecular complexity index is 502. The molecule has 0 aromatic heterocycles. The minimum Gasteiger partial charge on any atom is -1.00 e. The summed E-state index contributed by atoms with van der Waals surface area (Å²) >= 11 is 3.99. The number of hydrogen-bond donors (Lipinski definition) is 1. The predicted octanol–water partition coefficient (Wildman–Crippen LogP) is -1.37. The van der Waals surface area contributed by atoms with Gasteiger partial charge in [-0.3, -0.25) is 8.98 Å². The maximum Gasteiger partial charge on any atom is 1.00 e. The monoisotopic (exact) mass is 270 g/mol. The summed E-state index contributed by atoms with van der Waals surface area (Å²) in [5.74, 6) is -0.212. The third kappa shape index (κ3) is 3.58. The summed E-state index contributed by atoms with van der Waals surface area (Å²) in [6, 6.07) is 4.22. The van der Waals surface area contributed by atoms with Crippen LogP contribution in [0.5, 0.6) is 0 Å². The van der Waals surface area contributed by atoms with Crippen molar-refractivity contribution in [3.05, 3.63) is 23.8 Å². The molecule has 0 atom stereocenters. The van der Waals surface area contributed by atoms with Crippen molar-refractivity contribution in [3.8, 4) is 0 Å². The van der Waals surface area contributed by atoms with Gasteiger partial charge in [-0.1, -0.05) is 6.07 Å². The number of hydrogen-bond acceptors (Lipinski definition) is 5. The summed E-state index contributed by atoms with van der Waals surface area (Å²) in [5.41, 5.74) is 0.309. The molecule has 0 heterocycles. The number of carbonyl (C=O) groups is 1. The van der Waals surface area contributed by atoms with Gasteiger partial charge in [0, 0.05) is 10.5 Å². The Morgan fingerprint density at radius 3 is 2.44 bits per heavy atom. The molecule has 0 aliphatic heterocycles. The average Bonchev–Trinajstić information content (AvgIpc) is 2.17. The molecule has 0 unspecified atom stereocenters. The topological polar surface area (TPSA) is 60.4 Å². The van der Waals surface area contributed by atoms with Crippen LogP contribution < -0.4 is 29.6 Å². The molecule has 0 radical (unpaired) electrons. The van der Waals surface area contributed by atoms with E-state index in [0.29, 0.717) is 5.56 Å². The van der Waals surface area contributed by atoms with Gasteiger partial charge in [-0.2, -0.15) is 8.42 Å². The molecule has 0 aliphatic carbocycles. The van der Waals surface area contributed by atoms with E-state index in [9.17, 15) is 13.2 Å². The van der Waals surface area contributed by atoms with E-state index in [1.807, 2.05) is 0 Å². The third-order valence-electron chi connectivity index (χ3n) is 1.86. The normalized spacial score (nSPS) is 10.7. The zero-order chi connectivity index (χ0) is 11.6. The zero-order valence-corrected chi connectivity index (χ0v) is 12.9. The van der Waals surface area contributed by atoms with Crippen molar-refractivity contribution in [2.24, 2.45) is 0 Å². The molecule has 1 rings (SSSR count). The predicted molar refractivity (Wildman–Crippen MR) is 59.0 cm³/mol. The Hall–Kier alpha value is 0.150. The summed E-state index contributed by atoms with van der Waals surface area (Å²) < 4.78 is 27.2. The molecule has 0 spiro atoms. The van der Waals surface area contributed by atoms with Crippen LogP contribution in [-0.2, 0) is 14.3 Å². The number of carbonyl (C=O) groups excluding carboxylic acids is 1. The fourth-order valence-electron chi connectivity index (χ4n) is 1.02. The van der Waals surface area contributed by atoms with Crippen LogP contribution in [0.2, 0.25) is 0 Å². The standard InChI is InChI=1S/C9H10O4S2.Na.H/c1-6(10)7-3-4-8(14)9(5-7)15(11,12)13-2;;/h3-5,14H,1-2H3;;/q;+1;-1. The van der Waals surface area contributed by atoms with E-state index in [1.54, 1.807) is 0 Å². The Labute approximate surface area is 124 Å². The molecule has 1 aromatic carbocycles.